The molecule has 1 saturated heterocycles. The Morgan fingerprint density at radius 3 is 2.78 bits per heavy atom. The zero-order valence-electron chi connectivity index (χ0n) is 15.4. The highest BCUT2D eigenvalue weighted by molar-refractivity contribution is 5.76. The van der Waals surface area contributed by atoms with E-state index in [1.165, 1.54) is 11.1 Å². The van der Waals surface area contributed by atoms with E-state index in [1.54, 1.807) is 0 Å². The topological polar surface area (TPSA) is 53.3 Å². The van der Waals surface area contributed by atoms with E-state index < -0.39 is 0 Å². The van der Waals surface area contributed by atoms with Crippen LogP contribution in [0.3, 0.4) is 0 Å². The van der Waals surface area contributed by atoms with Crippen LogP contribution in [0.4, 0.5) is 4.79 Å². The fraction of sp³-hybridized carbons (Fsp3) is 0.304. The molecule has 2 atom stereocenters. The van der Waals surface area contributed by atoms with Gasteiger partial charge in [0.1, 0.15) is 6.61 Å². The van der Waals surface area contributed by atoms with Gasteiger partial charge in [0.2, 0.25) is 0 Å². The first kappa shape index (κ1) is 17.4. The van der Waals surface area contributed by atoms with Crippen LogP contribution in [-0.2, 0) is 11.3 Å². The van der Waals surface area contributed by atoms with Gasteiger partial charge in [0.25, 0.3) is 0 Å². The van der Waals surface area contributed by atoms with Crippen molar-refractivity contribution < 1.29 is 9.53 Å². The lowest BCUT2D eigenvalue weighted by Gasteiger charge is -2.33. The first-order valence-corrected chi connectivity index (χ1v) is 9.36. The molecule has 136 valence electrons. The summed E-state index contributed by atoms with van der Waals surface area (Å²) in [6, 6.07) is 18.0. The molecule has 0 N–H and O–H groups in total. The molecule has 4 nitrogen and oxygen atoms in total. The van der Waals surface area contributed by atoms with Gasteiger partial charge in [-0.25, -0.2) is 4.79 Å². The monoisotopic (exact) mass is 358 g/mol. The third kappa shape index (κ3) is 3.46. The molecule has 0 aromatic heterocycles. The van der Waals surface area contributed by atoms with Crippen LogP contribution in [0.25, 0.3) is 5.57 Å². The van der Waals surface area contributed by atoms with Crippen LogP contribution in [0.5, 0.6) is 0 Å². The number of fused-ring (bicyclic) bond motifs is 2. The standard InChI is InChI=1S/C23H22N2O2/c1-16-7-8-18(14-24)11-22(16)19-12-20-9-10-21(13-19)25(20)23(26)27-15-17-5-3-2-4-6-17/h2-8,11-12,20-21H,9-10,13,15H2,1H3. The zero-order valence-corrected chi connectivity index (χ0v) is 15.4. The highest BCUT2D eigenvalue weighted by Gasteiger charge is 2.40. The predicted octanol–water partition coefficient (Wildman–Crippen LogP) is 4.82. The van der Waals surface area contributed by atoms with Crippen molar-refractivity contribution in [2.45, 2.75) is 44.9 Å². The largest absolute Gasteiger partial charge is 0.445 e. The fourth-order valence-corrected chi connectivity index (χ4v) is 4.15. The van der Waals surface area contributed by atoms with Gasteiger partial charge in [-0.15, -0.1) is 0 Å². The summed E-state index contributed by atoms with van der Waals surface area (Å²) in [6.45, 7) is 2.37. The Hall–Kier alpha value is -3.06. The molecule has 0 spiro atoms. The molecule has 2 unspecified atom stereocenters. The van der Waals surface area contributed by atoms with Crippen LogP contribution in [0.2, 0.25) is 0 Å². The van der Waals surface area contributed by atoms with Crippen molar-refractivity contribution in [1.29, 1.82) is 5.26 Å². The quantitative estimate of drug-likeness (QED) is 0.790. The molecule has 1 fully saturated rings. The van der Waals surface area contributed by atoms with E-state index in [1.807, 2.05) is 53.4 Å². The molecule has 1 amide bonds. The maximum absolute atomic E-state index is 12.7. The minimum atomic E-state index is -0.232. The number of nitriles is 1. The molecule has 2 heterocycles. The molecule has 2 aliphatic rings. The number of aryl methyl sites for hydroxylation is 1. The van der Waals surface area contributed by atoms with Gasteiger partial charge in [-0.2, -0.15) is 5.26 Å². The molecular weight excluding hydrogens is 336 g/mol. The highest BCUT2D eigenvalue weighted by Crippen LogP contribution is 2.39. The summed E-state index contributed by atoms with van der Waals surface area (Å²) in [5, 5.41) is 9.20. The number of rotatable bonds is 3. The number of benzene rings is 2. The number of amides is 1. The van der Waals surface area contributed by atoms with Crippen molar-refractivity contribution in [3.8, 4) is 6.07 Å². The molecule has 2 aromatic carbocycles. The lowest BCUT2D eigenvalue weighted by molar-refractivity contribution is 0.0832. The number of carbonyl (C=O) groups excluding carboxylic acids is 1. The number of ether oxygens (including phenoxy) is 1. The molecule has 2 aliphatic heterocycles. The Bertz CT molecular complexity index is 927. The zero-order chi connectivity index (χ0) is 18.8. The Morgan fingerprint density at radius 1 is 1.22 bits per heavy atom. The van der Waals surface area contributed by atoms with Crippen LogP contribution in [0.15, 0.2) is 54.6 Å². The number of nitrogens with zero attached hydrogens (tertiary/aromatic N) is 2. The first-order valence-electron chi connectivity index (χ1n) is 9.36. The maximum Gasteiger partial charge on any atom is 0.410 e. The van der Waals surface area contributed by atoms with Gasteiger partial charge in [0, 0.05) is 6.04 Å². The molecule has 0 saturated carbocycles. The fourth-order valence-electron chi connectivity index (χ4n) is 4.15. The van der Waals surface area contributed by atoms with E-state index in [0.717, 1.165) is 30.4 Å². The summed E-state index contributed by atoms with van der Waals surface area (Å²) in [5.41, 5.74) is 5.20. The van der Waals surface area contributed by atoms with Gasteiger partial charge < -0.3 is 4.74 Å². The number of hydrogen-bond acceptors (Lipinski definition) is 3. The normalized spacial score (nSPS) is 20.7. The van der Waals surface area contributed by atoms with E-state index in [2.05, 4.69) is 19.1 Å². The van der Waals surface area contributed by atoms with Gasteiger partial charge in [0.05, 0.1) is 17.7 Å². The lowest BCUT2D eigenvalue weighted by atomic mass is 9.91. The molecule has 27 heavy (non-hydrogen) atoms. The minimum Gasteiger partial charge on any atom is -0.445 e. The number of hydrogen-bond donors (Lipinski definition) is 0. The summed E-state index contributed by atoms with van der Waals surface area (Å²) in [7, 11) is 0. The second kappa shape index (κ2) is 7.28. The van der Waals surface area contributed by atoms with Crippen LogP contribution in [0, 0.1) is 18.3 Å². The van der Waals surface area contributed by atoms with Crippen molar-refractivity contribution in [2.24, 2.45) is 0 Å². The summed E-state index contributed by atoms with van der Waals surface area (Å²) in [6.07, 6.45) is 4.72. The molecule has 0 aliphatic carbocycles. The minimum absolute atomic E-state index is 0.0761. The second-order valence-electron chi connectivity index (χ2n) is 7.28. The van der Waals surface area contributed by atoms with Crippen LogP contribution < -0.4 is 0 Å². The van der Waals surface area contributed by atoms with Crippen LogP contribution in [-0.4, -0.2) is 23.1 Å². The molecule has 2 aromatic rings. The Balaban J connectivity index is 1.51. The third-order valence-electron chi connectivity index (χ3n) is 5.52. The van der Waals surface area contributed by atoms with Gasteiger partial charge in [-0.3, -0.25) is 4.90 Å². The third-order valence-corrected chi connectivity index (χ3v) is 5.52. The van der Waals surface area contributed by atoms with E-state index in [9.17, 15) is 10.1 Å². The molecule has 4 heteroatoms. The maximum atomic E-state index is 12.7. The van der Waals surface area contributed by atoms with Crippen LogP contribution in [0.1, 0.15) is 41.5 Å². The van der Waals surface area contributed by atoms with Crippen molar-refractivity contribution in [1.82, 2.24) is 4.90 Å². The molecule has 4 rings (SSSR count). The average Bonchev–Trinajstić information content (AvgIpc) is 2.97. The van der Waals surface area contributed by atoms with Crippen LogP contribution >= 0.6 is 0 Å². The lowest BCUT2D eigenvalue weighted by Crippen LogP contribution is -2.43. The smallest absolute Gasteiger partial charge is 0.410 e. The SMILES string of the molecule is Cc1ccc(C#N)cc1C1=CC2CCC(C1)N2C(=O)OCc1ccccc1. The molecular formula is C23H22N2O2. The van der Waals surface area contributed by atoms with Crippen molar-refractivity contribution in [2.75, 3.05) is 0 Å². The number of carbonyl (C=O) groups is 1. The van der Waals surface area contributed by atoms with E-state index in [0.29, 0.717) is 12.2 Å². The van der Waals surface area contributed by atoms with E-state index >= 15 is 0 Å². The average molecular weight is 358 g/mol. The van der Waals surface area contributed by atoms with Crippen molar-refractivity contribution in [3.63, 3.8) is 0 Å². The summed E-state index contributed by atoms with van der Waals surface area (Å²) >= 11 is 0. The van der Waals surface area contributed by atoms with Gasteiger partial charge in [0.15, 0.2) is 0 Å². The highest BCUT2D eigenvalue weighted by atomic mass is 16.6. The van der Waals surface area contributed by atoms with Crippen molar-refractivity contribution in [3.05, 3.63) is 76.9 Å². The van der Waals surface area contributed by atoms with Gasteiger partial charge >= 0.3 is 6.09 Å². The Morgan fingerprint density at radius 2 is 2.04 bits per heavy atom. The Labute approximate surface area is 159 Å². The van der Waals surface area contributed by atoms with E-state index in [-0.39, 0.29) is 18.2 Å². The second-order valence-corrected chi connectivity index (χ2v) is 7.28. The predicted molar refractivity (Wildman–Crippen MR) is 104 cm³/mol. The van der Waals surface area contributed by atoms with Gasteiger partial charge in [-0.05, 0) is 60.6 Å². The molecule has 0 radical (unpaired) electrons. The first-order chi connectivity index (χ1) is 13.2. The summed E-state index contributed by atoms with van der Waals surface area (Å²) < 4.78 is 5.56. The summed E-state index contributed by atoms with van der Waals surface area (Å²) in [5.74, 6) is 0. The van der Waals surface area contributed by atoms with Gasteiger partial charge in [-0.1, -0.05) is 42.5 Å². The van der Waals surface area contributed by atoms with E-state index in [4.69, 9.17) is 4.74 Å². The Kier molecular flexibility index (Phi) is 4.68. The summed E-state index contributed by atoms with van der Waals surface area (Å²) in [4.78, 5) is 14.6. The molecule has 2 bridgehead atoms. The van der Waals surface area contributed by atoms with Crippen molar-refractivity contribution >= 4 is 11.7 Å².